The summed E-state index contributed by atoms with van der Waals surface area (Å²) in [5.74, 6) is 0.183. The number of hydrogen-bond acceptors (Lipinski definition) is 2. The van der Waals surface area contributed by atoms with Crippen LogP contribution in [-0.4, -0.2) is 28.0 Å². The highest BCUT2D eigenvalue weighted by atomic mass is 16.3. The molecule has 0 radical (unpaired) electrons. The molecule has 0 unspecified atom stereocenters. The molecule has 3 heteroatoms. The lowest BCUT2D eigenvalue weighted by molar-refractivity contribution is 0.0644. The zero-order valence-electron chi connectivity index (χ0n) is 10.3. The van der Waals surface area contributed by atoms with Gasteiger partial charge in [0.1, 0.15) is 5.75 Å². The predicted molar refractivity (Wildman–Crippen MR) is 64.5 cm³/mol. The molecule has 0 aliphatic rings. The first-order chi connectivity index (χ1) is 7.43. The molecule has 0 fully saturated rings. The van der Waals surface area contributed by atoms with Crippen LogP contribution in [0.3, 0.4) is 0 Å². The monoisotopic (exact) mass is 221 g/mol. The first kappa shape index (κ1) is 12.6. The SMILES string of the molecule is CC(C)N(C(=O)c1ccc(O)cc1)C(C)C. The Hall–Kier alpha value is -1.51. The van der Waals surface area contributed by atoms with E-state index in [9.17, 15) is 9.90 Å². The van der Waals surface area contributed by atoms with Gasteiger partial charge in [0.25, 0.3) is 5.91 Å². The summed E-state index contributed by atoms with van der Waals surface area (Å²) < 4.78 is 0. The van der Waals surface area contributed by atoms with Gasteiger partial charge in [0.2, 0.25) is 0 Å². The average Bonchev–Trinajstić information content (AvgIpc) is 2.17. The third-order valence-electron chi connectivity index (χ3n) is 2.46. The Bertz CT molecular complexity index is 347. The van der Waals surface area contributed by atoms with Crippen LogP contribution in [0.2, 0.25) is 0 Å². The molecule has 0 spiro atoms. The quantitative estimate of drug-likeness (QED) is 0.852. The number of phenolic OH excluding ortho intramolecular Hbond substituents is 1. The first-order valence-corrected chi connectivity index (χ1v) is 5.55. The van der Waals surface area contributed by atoms with Crippen molar-refractivity contribution in [3.05, 3.63) is 29.8 Å². The van der Waals surface area contributed by atoms with E-state index in [-0.39, 0.29) is 23.7 Å². The van der Waals surface area contributed by atoms with Crippen molar-refractivity contribution in [1.82, 2.24) is 4.90 Å². The molecule has 1 amide bonds. The minimum absolute atomic E-state index is 0.00463. The summed E-state index contributed by atoms with van der Waals surface area (Å²) in [5, 5.41) is 9.17. The molecule has 0 saturated carbocycles. The average molecular weight is 221 g/mol. The molecular weight excluding hydrogens is 202 g/mol. The number of hydrogen-bond donors (Lipinski definition) is 1. The third-order valence-corrected chi connectivity index (χ3v) is 2.46. The van der Waals surface area contributed by atoms with Crippen molar-refractivity contribution in [2.24, 2.45) is 0 Å². The van der Waals surface area contributed by atoms with Crippen LogP contribution in [0.15, 0.2) is 24.3 Å². The van der Waals surface area contributed by atoms with Gasteiger partial charge in [-0.2, -0.15) is 0 Å². The molecule has 1 aromatic rings. The summed E-state index contributed by atoms with van der Waals surface area (Å²) in [6, 6.07) is 6.70. The first-order valence-electron chi connectivity index (χ1n) is 5.55. The molecule has 0 aliphatic carbocycles. The lowest BCUT2D eigenvalue weighted by atomic mass is 10.1. The van der Waals surface area contributed by atoms with Gasteiger partial charge in [0, 0.05) is 17.6 Å². The zero-order valence-corrected chi connectivity index (χ0v) is 10.3. The van der Waals surface area contributed by atoms with Crippen LogP contribution in [-0.2, 0) is 0 Å². The fourth-order valence-electron chi connectivity index (χ4n) is 1.82. The van der Waals surface area contributed by atoms with E-state index in [1.165, 1.54) is 12.1 Å². The molecule has 16 heavy (non-hydrogen) atoms. The predicted octanol–water partition coefficient (Wildman–Crippen LogP) is 2.65. The van der Waals surface area contributed by atoms with E-state index in [0.717, 1.165) is 0 Å². The minimum atomic E-state index is 0.00463. The summed E-state index contributed by atoms with van der Waals surface area (Å²) in [6.45, 7) is 7.99. The van der Waals surface area contributed by atoms with Gasteiger partial charge < -0.3 is 10.0 Å². The Morgan fingerprint density at radius 1 is 1.06 bits per heavy atom. The van der Waals surface area contributed by atoms with Crippen molar-refractivity contribution >= 4 is 5.91 Å². The molecule has 0 heterocycles. The Kier molecular flexibility index (Phi) is 3.93. The summed E-state index contributed by atoms with van der Waals surface area (Å²) in [4.78, 5) is 14.0. The second-order valence-electron chi connectivity index (χ2n) is 4.45. The number of benzene rings is 1. The maximum Gasteiger partial charge on any atom is 0.254 e. The molecule has 0 saturated heterocycles. The largest absolute Gasteiger partial charge is 0.508 e. The fraction of sp³-hybridized carbons (Fsp3) is 0.462. The molecule has 88 valence electrons. The van der Waals surface area contributed by atoms with Gasteiger partial charge in [-0.25, -0.2) is 0 Å². The standard InChI is InChI=1S/C13H19NO2/c1-9(2)14(10(3)4)13(16)11-5-7-12(15)8-6-11/h5-10,15H,1-4H3. The number of carbonyl (C=O) groups is 1. The molecule has 0 aromatic heterocycles. The lowest BCUT2D eigenvalue weighted by Gasteiger charge is -2.30. The Balaban J connectivity index is 2.95. The van der Waals surface area contributed by atoms with Crippen molar-refractivity contribution < 1.29 is 9.90 Å². The lowest BCUT2D eigenvalue weighted by Crippen LogP contribution is -2.42. The number of amides is 1. The van der Waals surface area contributed by atoms with Crippen LogP contribution in [0.1, 0.15) is 38.1 Å². The van der Waals surface area contributed by atoms with E-state index < -0.39 is 0 Å². The van der Waals surface area contributed by atoms with Gasteiger partial charge in [-0.3, -0.25) is 4.79 Å². The second-order valence-corrected chi connectivity index (χ2v) is 4.45. The smallest absolute Gasteiger partial charge is 0.254 e. The number of rotatable bonds is 3. The van der Waals surface area contributed by atoms with Crippen molar-refractivity contribution in [3.63, 3.8) is 0 Å². The van der Waals surface area contributed by atoms with E-state index in [1.54, 1.807) is 12.1 Å². The fourth-order valence-corrected chi connectivity index (χ4v) is 1.82. The highest BCUT2D eigenvalue weighted by Crippen LogP contribution is 2.15. The summed E-state index contributed by atoms with van der Waals surface area (Å²) in [7, 11) is 0. The van der Waals surface area contributed by atoms with Crippen molar-refractivity contribution in [3.8, 4) is 5.75 Å². The van der Waals surface area contributed by atoms with Crippen LogP contribution in [0.5, 0.6) is 5.75 Å². The Morgan fingerprint density at radius 3 is 1.88 bits per heavy atom. The van der Waals surface area contributed by atoms with Gasteiger partial charge in [-0.1, -0.05) is 0 Å². The maximum absolute atomic E-state index is 12.2. The number of nitrogens with zero attached hydrogens (tertiary/aromatic N) is 1. The Labute approximate surface area is 96.7 Å². The van der Waals surface area contributed by atoms with Crippen LogP contribution in [0.25, 0.3) is 0 Å². The molecule has 3 nitrogen and oxygen atoms in total. The van der Waals surface area contributed by atoms with Crippen LogP contribution < -0.4 is 0 Å². The van der Waals surface area contributed by atoms with E-state index in [2.05, 4.69) is 0 Å². The molecule has 1 N–H and O–H groups in total. The summed E-state index contributed by atoms with van der Waals surface area (Å²) in [5.41, 5.74) is 0.611. The van der Waals surface area contributed by atoms with Gasteiger partial charge >= 0.3 is 0 Å². The van der Waals surface area contributed by atoms with Crippen molar-refractivity contribution in [2.45, 2.75) is 39.8 Å². The number of aromatic hydroxyl groups is 1. The number of phenols is 1. The van der Waals surface area contributed by atoms with E-state index in [4.69, 9.17) is 0 Å². The van der Waals surface area contributed by atoms with Crippen molar-refractivity contribution in [2.75, 3.05) is 0 Å². The molecule has 1 aromatic carbocycles. The third kappa shape index (κ3) is 2.75. The van der Waals surface area contributed by atoms with E-state index >= 15 is 0 Å². The van der Waals surface area contributed by atoms with E-state index in [0.29, 0.717) is 5.56 Å². The minimum Gasteiger partial charge on any atom is -0.508 e. The topological polar surface area (TPSA) is 40.5 Å². The zero-order chi connectivity index (χ0) is 12.3. The highest BCUT2D eigenvalue weighted by molar-refractivity contribution is 5.94. The molecule has 0 aliphatic heterocycles. The number of carbonyl (C=O) groups excluding carboxylic acids is 1. The maximum atomic E-state index is 12.2. The van der Waals surface area contributed by atoms with Crippen LogP contribution in [0, 0.1) is 0 Å². The molecule has 0 bridgehead atoms. The van der Waals surface area contributed by atoms with Gasteiger partial charge in [0.15, 0.2) is 0 Å². The van der Waals surface area contributed by atoms with Crippen molar-refractivity contribution in [1.29, 1.82) is 0 Å². The summed E-state index contributed by atoms with van der Waals surface area (Å²) >= 11 is 0. The van der Waals surface area contributed by atoms with Gasteiger partial charge in [-0.05, 0) is 52.0 Å². The Morgan fingerprint density at radius 2 is 1.50 bits per heavy atom. The molecular formula is C13H19NO2. The van der Waals surface area contributed by atoms with Gasteiger partial charge in [0.05, 0.1) is 0 Å². The van der Waals surface area contributed by atoms with Crippen LogP contribution in [0.4, 0.5) is 0 Å². The van der Waals surface area contributed by atoms with Gasteiger partial charge in [-0.15, -0.1) is 0 Å². The molecule has 0 atom stereocenters. The van der Waals surface area contributed by atoms with E-state index in [1.807, 2.05) is 32.6 Å². The van der Waals surface area contributed by atoms with Crippen LogP contribution >= 0.6 is 0 Å². The molecule has 1 rings (SSSR count). The summed E-state index contributed by atoms with van der Waals surface area (Å²) in [6.07, 6.45) is 0. The highest BCUT2D eigenvalue weighted by Gasteiger charge is 2.21. The normalized spacial score (nSPS) is 10.9. The second kappa shape index (κ2) is 5.01.